The third-order valence-electron chi connectivity index (χ3n) is 25.8. The summed E-state index contributed by atoms with van der Waals surface area (Å²) >= 11 is 0. The maximum Gasteiger partial charge on any atom is 0.226 e. The van der Waals surface area contributed by atoms with E-state index in [-0.39, 0.29) is 52.5 Å². The van der Waals surface area contributed by atoms with Crippen LogP contribution in [-0.2, 0) is 0 Å². The smallest absolute Gasteiger partial charge is 0.226 e. The summed E-state index contributed by atoms with van der Waals surface area (Å²) in [5, 5.41) is 7.32. The first-order chi connectivity index (χ1) is 67.9. The fourth-order valence-corrected chi connectivity index (χ4v) is 16.9. The molecule has 0 radical (unpaired) electrons. The topological polar surface area (TPSA) is 153 Å². The van der Waals surface area contributed by atoms with Crippen molar-refractivity contribution in [1.82, 2.24) is 40.1 Å². The highest BCUT2D eigenvalue weighted by Gasteiger charge is 2.25. The molecule has 0 fully saturated rings. The summed E-state index contributed by atoms with van der Waals surface area (Å²) in [5.41, 5.74) is 30.4. The van der Waals surface area contributed by atoms with E-state index in [9.17, 15) is 35.1 Å². The third-order valence-corrected chi connectivity index (χ3v) is 25.8. The normalized spacial score (nSPS) is 12.4. The molecule has 2 aliphatic rings. The average molecular weight is 1970 g/mol. The Hall–Kier alpha value is -12.5. The summed E-state index contributed by atoms with van der Waals surface area (Å²) in [4.78, 5) is 27.5. The second kappa shape index (κ2) is 52.8. The number of hydrogen-bond acceptors (Lipinski definition) is 7. The predicted molar refractivity (Wildman–Crippen MR) is 584 cm³/mol. The predicted octanol–water partition coefficient (Wildman–Crippen LogP) is 38.5. The minimum absolute atomic E-state index is 0.145. The van der Waals surface area contributed by atoms with E-state index in [2.05, 4.69) is 277 Å². The first-order valence-corrected chi connectivity index (χ1v) is 51.3. The number of halogens is 8. The SMILES string of the molecule is CC(C)C1=CC=C(c2cc(F)ccc2C(C)C)C1.CC(C)C1=CN=C(c2cc(F)ccc2C(C)C)C1.CC(C)c1c[nH]c(-c2cc(F)ccc2C(C)C)c1.CC(C)c1cc(-c2cc(F)ccc2C(C)C)c[nH]1.CC(C)c1cc(-c2cc(F)ccc2C(C)C)n[nH]1.CC(C)c1coc(-c2cc(F)ccc2C(C)C)n1.CC(C)c1nc(-c2cc(F)ccc2C(C)C)co1.CC(C)c1ncc(-c2cc(F)ccc2C(C)C)[nH]1. The number of aromatic amines is 4. The van der Waals surface area contributed by atoms with Crippen LogP contribution in [-0.4, -0.2) is 45.8 Å². The first kappa shape index (κ1) is 115. The molecule has 144 heavy (non-hydrogen) atoms. The van der Waals surface area contributed by atoms with Crippen molar-refractivity contribution in [2.24, 2.45) is 16.8 Å². The van der Waals surface area contributed by atoms with E-state index in [4.69, 9.17) is 8.83 Å². The molecule has 7 heterocycles. The summed E-state index contributed by atoms with van der Waals surface area (Å²) in [6.07, 6.45) is 17.1. The molecular weight excluding hydrogens is 1810 g/mol. The molecule has 0 amide bonds. The lowest BCUT2D eigenvalue weighted by molar-refractivity contribution is 0.471. The van der Waals surface area contributed by atoms with Crippen molar-refractivity contribution in [1.29, 1.82) is 0 Å². The van der Waals surface area contributed by atoms with Crippen molar-refractivity contribution in [3.8, 4) is 67.6 Å². The van der Waals surface area contributed by atoms with Crippen molar-refractivity contribution in [3.05, 3.63) is 361 Å². The molecule has 11 nitrogen and oxygen atoms in total. The molecule has 768 valence electrons. The zero-order chi connectivity index (χ0) is 106. The van der Waals surface area contributed by atoms with Gasteiger partial charge in [0.15, 0.2) is 5.89 Å². The van der Waals surface area contributed by atoms with Crippen molar-refractivity contribution >= 4 is 11.3 Å². The van der Waals surface area contributed by atoms with Crippen LogP contribution in [0.4, 0.5) is 35.1 Å². The minimum atomic E-state index is -0.265. The maximum absolute atomic E-state index is 13.5. The van der Waals surface area contributed by atoms with E-state index in [1.807, 2.05) is 81.0 Å². The van der Waals surface area contributed by atoms with Gasteiger partial charge in [0, 0.05) is 87.3 Å². The van der Waals surface area contributed by atoms with Crippen LogP contribution in [0, 0.1) is 58.4 Å². The number of aliphatic imine (C=N–C) groups is 1. The highest BCUT2D eigenvalue weighted by molar-refractivity contribution is 6.05. The Balaban J connectivity index is 0.000000183. The highest BCUT2D eigenvalue weighted by Crippen LogP contribution is 2.41. The first-order valence-electron chi connectivity index (χ1n) is 51.3. The molecule has 19 heteroatoms. The lowest BCUT2D eigenvalue weighted by atomic mass is 9.90. The van der Waals surface area contributed by atoms with E-state index in [1.54, 1.807) is 67.3 Å². The fraction of sp³-hybridized carbons (Fsp3) is 0.400. The fourth-order valence-electron chi connectivity index (χ4n) is 16.9. The average Bonchev–Trinajstić information content (AvgIpc) is 1.70. The molecule has 0 saturated heterocycles. The summed E-state index contributed by atoms with van der Waals surface area (Å²) < 4.78 is 118. The van der Waals surface area contributed by atoms with Gasteiger partial charge in [0.2, 0.25) is 5.89 Å². The van der Waals surface area contributed by atoms with Gasteiger partial charge in [0.1, 0.15) is 70.6 Å². The second-order valence-corrected chi connectivity index (χ2v) is 42.6. The number of nitrogens with one attached hydrogen (secondary N) is 4. The molecule has 0 unspecified atom stereocenters. The Morgan fingerprint density at radius 3 is 1.08 bits per heavy atom. The molecule has 1 aliphatic carbocycles. The number of hydrogen-bond donors (Lipinski definition) is 4. The molecule has 0 atom stereocenters. The van der Waals surface area contributed by atoms with Gasteiger partial charge in [0.05, 0.1) is 29.0 Å². The monoisotopic (exact) mass is 1970 g/mol. The van der Waals surface area contributed by atoms with Crippen molar-refractivity contribution in [2.45, 2.75) is 317 Å². The van der Waals surface area contributed by atoms with Crippen LogP contribution in [0.25, 0.3) is 73.2 Å². The van der Waals surface area contributed by atoms with Gasteiger partial charge in [-0.2, -0.15) is 5.10 Å². The van der Waals surface area contributed by atoms with Gasteiger partial charge in [-0.15, -0.1) is 0 Å². The lowest BCUT2D eigenvalue weighted by Gasteiger charge is -2.15. The molecular formula is C125H155F8N9O2. The number of benzene rings is 8. The Morgan fingerprint density at radius 1 is 0.299 bits per heavy atom. The molecule has 1 aliphatic heterocycles. The third kappa shape index (κ3) is 31.7. The quantitative estimate of drug-likeness (QED) is 0.0442. The second-order valence-electron chi connectivity index (χ2n) is 42.6. The van der Waals surface area contributed by atoms with Crippen LogP contribution in [0.1, 0.15) is 407 Å². The molecule has 6 aromatic heterocycles. The van der Waals surface area contributed by atoms with Crippen LogP contribution in [0.2, 0.25) is 0 Å². The summed E-state index contributed by atoms with van der Waals surface area (Å²) in [6.45, 7) is 67.7. The van der Waals surface area contributed by atoms with Crippen molar-refractivity contribution < 1.29 is 44.0 Å². The van der Waals surface area contributed by atoms with Gasteiger partial charge in [-0.1, -0.05) is 288 Å². The summed E-state index contributed by atoms with van der Waals surface area (Å²) in [7, 11) is 0. The van der Waals surface area contributed by atoms with Crippen molar-refractivity contribution in [3.63, 3.8) is 0 Å². The maximum atomic E-state index is 13.5. The molecule has 4 N–H and O–H groups in total. The molecule has 0 bridgehead atoms. The van der Waals surface area contributed by atoms with E-state index in [1.165, 1.54) is 105 Å². The van der Waals surface area contributed by atoms with Gasteiger partial charge in [0.25, 0.3) is 0 Å². The zero-order valence-corrected chi connectivity index (χ0v) is 90.9. The number of oxazole rings is 2. The molecule has 0 spiro atoms. The van der Waals surface area contributed by atoms with Gasteiger partial charge in [-0.25, -0.2) is 50.1 Å². The Morgan fingerprint density at radius 2 is 0.701 bits per heavy atom. The molecule has 8 aromatic carbocycles. The number of H-pyrrole nitrogens is 4. The largest absolute Gasteiger partial charge is 0.448 e. The standard InChI is InChI=1S/C17H21F.3C16H20FN.2C15H19FN2.2C15H18FNO/c1-11(2)13-5-6-14(9-13)17-10-15(18)7-8-16(17)12(3)4;1-10(2)14-6-5-13(17)8-15(14)12-7-16(11(3)4)18-9-12;2*1-10(2)12-7-16(18-9-12)15-8-13(17)5-6-14(15)11(3)4;1-9(2)12-6-5-11(16)7-13(12)14-8-17-15(18-14)10(3)4;1-9(2)12-6-5-11(16)7-13(12)15-8-14(10(3)4)17-18-15;1-9(2)12-6-5-11(16)7-13(12)14-8-18-15(17-14)10(3)4;1-9(2)12-6-5-11(16)7-13(12)15-17-14(8-18-15)10(3)4/h5-8,10-12H,9H2,1-4H3;5-11,18H,1-4H3;5-6,8-11H,7H2,1-4H3;5-11,18H,1-4H3;2*5-10H,1-4H3,(H,17,18);2*5-10H,1-4H3. The van der Waals surface area contributed by atoms with Gasteiger partial charge in [-0.05, 0) is 282 Å². The summed E-state index contributed by atoms with van der Waals surface area (Å²) in [5.74, 6) is 6.64. The van der Waals surface area contributed by atoms with Crippen LogP contribution in [0.15, 0.2) is 238 Å². The van der Waals surface area contributed by atoms with Gasteiger partial charge >= 0.3 is 0 Å². The zero-order valence-electron chi connectivity index (χ0n) is 90.9. The van der Waals surface area contributed by atoms with Crippen LogP contribution < -0.4 is 0 Å². The number of nitrogens with zero attached hydrogens (tertiary/aromatic N) is 5. The van der Waals surface area contributed by atoms with Gasteiger partial charge < -0.3 is 23.8 Å². The minimum Gasteiger partial charge on any atom is -0.448 e. The Labute approximate surface area is 852 Å². The molecule has 14 aromatic rings. The van der Waals surface area contributed by atoms with E-state index in [0.717, 1.165) is 125 Å². The number of aromatic nitrogens is 8. The van der Waals surface area contributed by atoms with Gasteiger partial charge in [-0.3, -0.25) is 10.1 Å². The lowest BCUT2D eigenvalue weighted by Crippen LogP contribution is -2.07. The summed E-state index contributed by atoms with van der Waals surface area (Å²) in [6, 6.07) is 46.0. The Kier molecular flexibility index (Phi) is 42.2. The van der Waals surface area contributed by atoms with Crippen molar-refractivity contribution in [2.75, 3.05) is 0 Å². The Bertz CT molecular complexity index is 5760. The number of imidazole rings is 1. The molecule has 16 rings (SSSR count). The molecule has 0 saturated carbocycles. The van der Waals surface area contributed by atoms with Crippen LogP contribution in [0.5, 0.6) is 0 Å². The number of allylic oxidation sites excluding steroid dienone is 5. The van der Waals surface area contributed by atoms with E-state index in [0.29, 0.717) is 106 Å². The highest BCUT2D eigenvalue weighted by atomic mass is 19.2. The number of rotatable bonds is 24. The van der Waals surface area contributed by atoms with Crippen LogP contribution >= 0.6 is 0 Å². The van der Waals surface area contributed by atoms with E-state index < -0.39 is 0 Å². The van der Waals surface area contributed by atoms with E-state index >= 15 is 0 Å². The van der Waals surface area contributed by atoms with Crippen LogP contribution in [0.3, 0.4) is 0 Å².